The predicted molar refractivity (Wildman–Crippen MR) is 128 cm³/mol. The van der Waals surface area contributed by atoms with Crippen LogP contribution in [0.1, 0.15) is 73.3 Å². The molecule has 0 saturated carbocycles. The van der Waals surface area contributed by atoms with Gasteiger partial charge in [0.15, 0.2) is 0 Å². The van der Waals surface area contributed by atoms with Gasteiger partial charge in [-0.1, -0.05) is 63.9 Å². The van der Waals surface area contributed by atoms with Crippen molar-refractivity contribution in [2.45, 2.75) is 104 Å². The Bertz CT molecular complexity index is 624. The first-order valence-electron chi connectivity index (χ1n) is 11.7. The van der Waals surface area contributed by atoms with Gasteiger partial charge < -0.3 is 25.1 Å². The van der Waals surface area contributed by atoms with E-state index >= 15 is 0 Å². The Hall–Kier alpha value is -1.41. The topological polar surface area (TPSA) is 82.8 Å². The van der Waals surface area contributed by atoms with Gasteiger partial charge >= 0.3 is 13.1 Å². The van der Waals surface area contributed by atoms with Crippen molar-refractivity contribution in [2.75, 3.05) is 6.54 Å². The molecule has 7 heteroatoms. The summed E-state index contributed by atoms with van der Waals surface area (Å²) in [7, 11) is 0.00458. The Morgan fingerprint density at radius 3 is 2.23 bits per heavy atom. The molecule has 1 aromatic rings. The van der Waals surface area contributed by atoms with E-state index < -0.39 is 0 Å². The molecule has 2 saturated heterocycles. The van der Waals surface area contributed by atoms with Crippen LogP contribution in [0.5, 0.6) is 0 Å². The number of carbonyl (C=O) groups is 1. The van der Waals surface area contributed by atoms with E-state index in [1.165, 1.54) is 12.8 Å². The van der Waals surface area contributed by atoms with Crippen molar-refractivity contribution < 1.29 is 18.8 Å². The third kappa shape index (κ3) is 8.93. The smallest absolute Gasteiger partial charge is 0.457 e. The van der Waals surface area contributed by atoms with Gasteiger partial charge in [-0.3, -0.25) is 4.79 Å². The number of nitrogens with two attached hydrogens (primary N) is 1. The van der Waals surface area contributed by atoms with Crippen molar-refractivity contribution in [1.29, 1.82) is 0 Å². The fraction of sp³-hybridized carbons (Fsp3) is 0.708. The van der Waals surface area contributed by atoms with Crippen molar-refractivity contribution in [3.05, 3.63) is 35.9 Å². The fourth-order valence-corrected chi connectivity index (χ4v) is 3.23. The van der Waals surface area contributed by atoms with Gasteiger partial charge in [0.25, 0.3) is 0 Å². The first kappa shape index (κ1) is 27.6. The SMILES string of the molecule is CC.CCCCB1OC(C)(C)C(C)(C)O1.NC1CNC(C(=O)OCc2ccccc2)C1. The van der Waals surface area contributed by atoms with Crippen molar-refractivity contribution >= 4 is 13.1 Å². The molecule has 0 bridgehead atoms. The number of rotatable bonds is 6. The Kier molecular flexibility index (Phi) is 11.8. The van der Waals surface area contributed by atoms with Crippen LogP contribution in [-0.4, -0.2) is 42.9 Å². The standard InChI is InChI=1S/C12H16N2O2.C10H21BO2.C2H6/c13-10-6-11(14-7-10)12(15)16-8-9-4-2-1-3-5-9;1-6-7-8-11-12-9(2,3)10(4,5)13-11;1-2/h1-5,10-11,14H,6-8,13H2;6-8H2,1-5H3;1-2H3. The van der Waals surface area contributed by atoms with Gasteiger partial charge in [0.2, 0.25) is 0 Å². The highest BCUT2D eigenvalue weighted by atomic mass is 16.7. The molecule has 2 atom stereocenters. The summed E-state index contributed by atoms with van der Waals surface area (Å²) in [5.41, 5.74) is 6.38. The number of carbonyl (C=O) groups excluding carboxylic acids is 1. The Labute approximate surface area is 189 Å². The van der Waals surface area contributed by atoms with Crippen LogP contribution in [-0.2, 0) is 25.4 Å². The van der Waals surface area contributed by atoms with Crippen LogP contribution in [0.15, 0.2) is 30.3 Å². The fourth-order valence-electron chi connectivity index (χ4n) is 3.23. The second kappa shape index (κ2) is 13.2. The number of ether oxygens (including phenoxy) is 1. The molecular formula is C24H43BN2O4. The average Bonchev–Trinajstić information content (AvgIpc) is 3.27. The number of benzene rings is 1. The minimum Gasteiger partial charge on any atom is -0.460 e. The molecule has 2 fully saturated rings. The molecule has 0 aliphatic carbocycles. The molecule has 2 heterocycles. The molecule has 6 nitrogen and oxygen atoms in total. The second-order valence-corrected chi connectivity index (χ2v) is 8.88. The van der Waals surface area contributed by atoms with E-state index in [2.05, 4.69) is 39.9 Å². The molecule has 2 aliphatic rings. The number of esters is 1. The van der Waals surface area contributed by atoms with Crippen LogP contribution >= 0.6 is 0 Å². The summed E-state index contributed by atoms with van der Waals surface area (Å²) in [4.78, 5) is 11.6. The summed E-state index contributed by atoms with van der Waals surface area (Å²) in [5, 5.41) is 3.04. The maximum Gasteiger partial charge on any atom is 0.457 e. The molecular weight excluding hydrogens is 391 g/mol. The number of unbranched alkanes of at least 4 members (excludes halogenated alkanes) is 1. The van der Waals surface area contributed by atoms with E-state index in [0.717, 1.165) is 11.9 Å². The van der Waals surface area contributed by atoms with Crippen LogP contribution in [0.4, 0.5) is 0 Å². The molecule has 0 spiro atoms. The first-order valence-corrected chi connectivity index (χ1v) is 11.7. The van der Waals surface area contributed by atoms with Gasteiger partial charge in [-0.05, 0) is 46.0 Å². The van der Waals surface area contributed by atoms with Crippen LogP contribution in [0.3, 0.4) is 0 Å². The highest BCUT2D eigenvalue weighted by Crippen LogP contribution is 2.37. The molecule has 1 aromatic carbocycles. The van der Waals surface area contributed by atoms with Crippen LogP contribution in [0, 0.1) is 0 Å². The van der Waals surface area contributed by atoms with Crippen molar-refractivity contribution in [1.82, 2.24) is 5.32 Å². The Morgan fingerprint density at radius 1 is 1.16 bits per heavy atom. The minimum atomic E-state index is -0.237. The van der Waals surface area contributed by atoms with E-state index in [0.29, 0.717) is 19.6 Å². The third-order valence-electron chi connectivity index (χ3n) is 5.77. The normalized spacial score (nSPS) is 23.3. The van der Waals surface area contributed by atoms with Crippen LogP contribution in [0.25, 0.3) is 0 Å². The van der Waals surface area contributed by atoms with E-state index in [1.54, 1.807) is 0 Å². The predicted octanol–water partition coefficient (Wildman–Crippen LogP) is 4.32. The van der Waals surface area contributed by atoms with Gasteiger partial charge in [0.1, 0.15) is 12.6 Å². The highest BCUT2D eigenvalue weighted by Gasteiger charge is 2.50. The molecule has 2 aliphatic heterocycles. The number of hydrogen-bond donors (Lipinski definition) is 2. The maximum atomic E-state index is 11.6. The lowest BCUT2D eigenvalue weighted by atomic mass is 9.82. The maximum absolute atomic E-state index is 11.6. The first-order chi connectivity index (χ1) is 14.6. The summed E-state index contributed by atoms with van der Waals surface area (Å²) in [6.45, 7) is 15.6. The second-order valence-electron chi connectivity index (χ2n) is 8.88. The van der Waals surface area contributed by atoms with Gasteiger partial charge in [0, 0.05) is 12.6 Å². The summed E-state index contributed by atoms with van der Waals surface area (Å²) in [6, 6.07) is 9.47. The quantitative estimate of drug-likeness (QED) is 0.513. The zero-order valence-corrected chi connectivity index (χ0v) is 20.6. The molecule has 0 amide bonds. The number of hydrogen-bond acceptors (Lipinski definition) is 6. The average molecular weight is 434 g/mol. The highest BCUT2D eigenvalue weighted by molar-refractivity contribution is 6.45. The molecule has 3 rings (SSSR count). The van der Waals surface area contributed by atoms with Crippen LogP contribution < -0.4 is 11.1 Å². The largest absolute Gasteiger partial charge is 0.460 e. The lowest BCUT2D eigenvalue weighted by molar-refractivity contribution is -0.147. The minimum absolute atomic E-state index is 0.00458. The van der Waals surface area contributed by atoms with Crippen molar-refractivity contribution in [2.24, 2.45) is 5.73 Å². The van der Waals surface area contributed by atoms with E-state index in [-0.39, 0.29) is 36.4 Å². The summed E-state index contributed by atoms with van der Waals surface area (Å²) in [6.07, 6.45) is 4.05. The summed E-state index contributed by atoms with van der Waals surface area (Å²) >= 11 is 0. The van der Waals surface area contributed by atoms with Gasteiger partial charge in [-0.25, -0.2) is 0 Å². The molecule has 2 unspecified atom stereocenters. The monoisotopic (exact) mass is 434 g/mol. The van der Waals surface area contributed by atoms with E-state index in [4.69, 9.17) is 19.8 Å². The lowest BCUT2D eigenvalue weighted by Crippen LogP contribution is -2.41. The third-order valence-corrected chi connectivity index (χ3v) is 5.77. The summed E-state index contributed by atoms with van der Waals surface area (Å²) < 4.78 is 16.9. The Morgan fingerprint density at radius 2 is 1.74 bits per heavy atom. The van der Waals surface area contributed by atoms with Gasteiger partial charge in [-0.15, -0.1) is 0 Å². The molecule has 176 valence electrons. The molecule has 31 heavy (non-hydrogen) atoms. The molecule has 0 radical (unpaired) electrons. The van der Waals surface area contributed by atoms with Gasteiger partial charge in [-0.2, -0.15) is 0 Å². The van der Waals surface area contributed by atoms with Crippen molar-refractivity contribution in [3.63, 3.8) is 0 Å². The molecule has 0 aromatic heterocycles. The van der Waals surface area contributed by atoms with Crippen molar-refractivity contribution in [3.8, 4) is 0 Å². The van der Waals surface area contributed by atoms with E-state index in [1.807, 2.05) is 44.2 Å². The van der Waals surface area contributed by atoms with E-state index in [9.17, 15) is 4.79 Å². The number of nitrogens with one attached hydrogen (secondary N) is 1. The van der Waals surface area contributed by atoms with Gasteiger partial charge in [0.05, 0.1) is 11.2 Å². The van der Waals surface area contributed by atoms with Crippen LogP contribution in [0.2, 0.25) is 6.32 Å². The Balaban J connectivity index is 0.000000293. The zero-order valence-electron chi connectivity index (χ0n) is 20.6. The summed E-state index contributed by atoms with van der Waals surface area (Å²) in [5.74, 6) is -0.211. The zero-order chi connectivity index (χ0) is 23.5. The molecule has 3 N–H and O–H groups in total. The lowest BCUT2D eigenvalue weighted by Gasteiger charge is -2.32.